The summed E-state index contributed by atoms with van der Waals surface area (Å²) in [5, 5.41) is 12.3. The molecule has 1 atom stereocenters. The van der Waals surface area contributed by atoms with Crippen LogP contribution in [0.25, 0.3) is 0 Å². The van der Waals surface area contributed by atoms with Crippen LogP contribution in [-0.4, -0.2) is 11.0 Å². The Morgan fingerprint density at radius 2 is 2.06 bits per heavy atom. The first kappa shape index (κ1) is 13.2. The molecule has 1 aromatic rings. The molecule has 0 aliphatic carbocycles. The van der Waals surface area contributed by atoms with Crippen LogP contribution in [0.3, 0.4) is 0 Å². The van der Waals surface area contributed by atoms with Gasteiger partial charge in [-0.3, -0.25) is 4.79 Å². The van der Waals surface area contributed by atoms with E-state index in [1.54, 1.807) is 31.2 Å². The lowest BCUT2D eigenvalue weighted by Crippen LogP contribution is -2.10. The highest BCUT2D eigenvalue weighted by molar-refractivity contribution is 5.99. The number of aliphatic hydroxyl groups is 1. The Kier molecular flexibility index (Phi) is 5.17. The quantitative estimate of drug-likeness (QED) is 0.618. The molecule has 0 radical (unpaired) electrons. The van der Waals surface area contributed by atoms with E-state index in [-0.39, 0.29) is 5.91 Å². The Morgan fingerprint density at radius 1 is 1.35 bits per heavy atom. The number of aliphatic hydroxyl groups excluding tert-OH is 1. The first-order valence-corrected chi connectivity index (χ1v) is 5.52. The van der Waals surface area contributed by atoms with E-state index >= 15 is 0 Å². The highest BCUT2D eigenvalue weighted by Crippen LogP contribution is 2.21. The number of carbonyl (C=O) groups excluding carboxylic acids is 1. The number of nitrogens with one attached hydrogen (secondary N) is 1. The number of para-hydroxylation sites is 1. The second kappa shape index (κ2) is 6.66. The number of hydrogen-bond donors (Lipinski definition) is 2. The molecule has 1 amide bonds. The molecular weight excluding hydrogens is 214 g/mol. The summed E-state index contributed by atoms with van der Waals surface area (Å²) < 4.78 is 0. The van der Waals surface area contributed by atoms with Gasteiger partial charge in [-0.1, -0.05) is 36.4 Å². The Labute approximate surface area is 101 Å². The van der Waals surface area contributed by atoms with E-state index < -0.39 is 6.10 Å². The van der Waals surface area contributed by atoms with Crippen molar-refractivity contribution in [1.82, 2.24) is 0 Å². The van der Waals surface area contributed by atoms with Crippen LogP contribution in [-0.2, 0) is 4.79 Å². The van der Waals surface area contributed by atoms with E-state index in [1.165, 1.54) is 6.08 Å². The van der Waals surface area contributed by atoms with E-state index in [0.717, 1.165) is 0 Å². The normalized spacial score (nSPS) is 13.1. The van der Waals surface area contributed by atoms with Gasteiger partial charge in [0.2, 0.25) is 5.91 Å². The molecule has 0 aliphatic heterocycles. The summed E-state index contributed by atoms with van der Waals surface area (Å²) in [6.07, 6.45) is 6.12. The van der Waals surface area contributed by atoms with Crippen molar-refractivity contribution < 1.29 is 9.90 Å². The SMILES string of the molecule is CC=CC=CC(=O)Nc1ccccc1C(C)O. The standard InChI is InChI=1S/C14H17NO2/c1-3-4-5-10-14(17)15-13-9-7-6-8-12(13)11(2)16/h3-11,16H,1-2H3,(H,15,17). The van der Waals surface area contributed by atoms with E-state index in [1.807, 2.05) is 25.1 Å². The number of allylic oxidation sites excluding steroid dienone is 3. The minimum Gasteiger partial charge on any atom is -0.389 e. The highest BCUT2D eigenvalue weighted by atomic mass is 16.3. The van der Waals surface area contributed by atoms with Gasteiger partial charge in [0.15, 0.2) is 0 Å². The molecule has 1 rings (SSSR count). The summed E-state index contributed by atoms with van der Waals surface area (Å²) in [5.74, 6) is -0.212. The molecule has 0 saturated heterocycles. The minimum atomic E-state index is -0.606. The van der Waals surface area contributed by atoms with E-state index in [9.17, 15) is 9.90 Å². The zero-order valence-corrected chi connectivity index (χ0v) is 10.1. The average molecular weight is 231 g/mol. The maximum atomic E-state index is 11.5. The maximum absolute atomic E-state index is 11.5. The molecule has 0 aliphatic rings. The van der Waals surface area contributed by atoms with E-state index in [0.29, 0.717) is 11.3 Å². The number of carbonyl (C=O) groups is 1. The Morgan fingerprint density at radius 3 is 2.71 bits per heavy atom. The Hall–Kier alpha value is -1.87. The first-order valence-electron chi connectivity index (χ1n) is 5.52. The molecule has 0 saturated carbocycles. The monoisotopic (exact) mass is 231 g/mol. The molecule has 0 spiro atoms. The van der Waals surface area contributed by atoms with Gasteiger partial charge in [-0.05, 0) is 19.9 Å². The predicted octanol–water partition coefficient (Wildman–Crippen LogP) is 2.81. The lowest BCUT2D eigenvalue weighted by molar-refractivity contribution is -0.111. The van der Waals surface area contributed by atoms with Crippen molar-refractivity contribution in [3.05, 3.63) is 54.1 Å². The molecule has 17 heavy (non-hydrogen) atoms. The lowest BCUT2D eigenvalue weighted by Gasteiger charge is -2.11. The summed E-state index contributed by atoms with van der Waals surface area (Å²) in [5.41, 5.74) is 1.35. The molecular formula is C14H17NO2. The largest absolute Gasteiger partial charge is 0.389 e. The third kappa shape index (κ3) is 4.25. The van der Waals surface area contributed by atoms with Crippen LogP contribution in [0, 0.1) is 0 Å². The third-order valence-electron chi connectivity index (χ3n) is 2.22. The smallest absolute Gasteiger partial charge is 0.248 e. The fourth-order valence-electron chi connectivity index (χ4n) is 1.40. The van der Waals surface area contributed by atoms with Crippen LogP contribution in [0.5, 0.6) is 0 Å². The van der Waals surface area contributed by atoms with E-state index in [4.69, 9.17) is 0 Å². The fraction of sp³-hybridized carbons (Fsp3) is 0.214. The van der Waals surface area contributed by atoms with Gasteiger partial charge in [-0.15, -0.1) is 0 Å². The molecule has 1 unspecified atom stereocenters. The topological polar surface area (TPSA) is 49.3 Å². The molecule has 0 fully saturated rings. The summed E-state index contributed by atoms with van der Waals surface area (Å²) in [4.78, 5) is 11.5. The average Bonchev–Trinajstić information content (AvgIpc) is 2.29. The summed E-state index contributed by atoms with van der Waals surface area (Å²) >= 11 is 0. The Balaban J connectivity index is 2.78. The minimum absolute atomic E-state index is 0.212. The second-order valence-electron chi connectivity index (χ2n) is 3.64. The van der Waals surface area contributed by atoms with Crippen molar-refractivity contribution in [1.29, 1.82) is 0 Å². The van der Waals surface area contributed by atoms with Crippen LogP contribution >= 0.6 is 0 Å². The molecule has 0 bridgehead atoms. The zero-order chi connectivity index (χ0) is 12.7. The van der Waals surface area contributed by atoms with Crippen LogP contribution in [0.2, 0.25) is 0 Å². The highest BCUT2D eigenvalue weighted by Gasteiger charge is 2.07. The number of amides is 1. The van der Waals surface area contributed by atoms with Gasteiger partial charge in [0.25, 0.3) is 0 Å². The van der Waals surface area contributed by atoms with Crippen molar-refractivity contribution in [3.63, 3.8) is 0 Å². The van der Waals surface area contributed by atoms with Gasteiger partial charge >= 0.3 is 0 Å². The van der Waals surface area contributed by atoms with Gasteiger partial charge in [0, 0.05) is 17.3 Å². The van der Waals surface area contributed by atoms with Crippen molar-refractivity contribution in [2.75, 3.05) is 5.32 Å². The number of rotatable bonds is 4. The predicted molar refractivity (Wildman–Crippen MR) is 69.7 cm³/mol. The third-order valence-corrected chi connectivity index (χ3v) is 2.22. The summed E-state index contributed by atoms with van der Waals surface area (Å²) in [7, 11) is 0. The molecule has 90 valence electrons. The van der Waals surface area contributed by atoms with Crippen molar-refractivity contribution in [2.45, 2.75) is 20.0 Å². The van der Waals surface area contributed by atoms with Crippen LogP contribution in [0.15, 0.2) is 48.6 Å². The zero-order valence-electron chi connectivity index (χ0n) is 10.1. The van der Waals surface area contributed by atoms with Gasteiger partial charge in [-0.25, -0.2) is 0 Å². The van der Waals surface area contributed by atoms with Crippen molar-refractivity contribution >= 4 is 11.6 Å². The molecule has 2 N–H and O–H groups in total. The molecule has 0 aromatic heterocycles. The van der Waals surface area contributed by atoms with Gasteiger partial charge in [0.1, 0.15) is 0 Å². The maximum Gasteiger partial charge on any atom is 0.248 e. The van der Waals surface area contributed by atoms with Crippen LogP contribution in [0.1, 0.15) is 25.5 Å². The fourth-order valence-corrected chi connectivity index (χ4v) is 1.40. The molecule has 3 nitrogen and oxygen atoms in total. The summed E-state index contributed by atoms with van der Waals surface area (Å²) in [6, 6.07) is 7.20. The first-order chi connectivity index (χ1) is 8.15. The summed E-state index contributed by atoms with van der Waals surface area (Å²) in [6.45, 7) is 3.55. The van der Waals surface area contributed by atoms with E-state index in [2.05, 4.69) is 5.32 Å². The van der Waals surface area contributed by atoms with Crippen molar-refractivity contribution in [3.8, 4) is 0 Å². The number of benzene rings is 1. The molecule has 1 aromatic carbocycles. The van der Waals surface area contributed by atoms with Gasteiger partial charge < -0.3 is 10.4 Å². The van der Waals surface area contributed by atoms with Gasteiger partial charge in [-0.2, -0.15) is 0 Å². The number of anilines is 1. The molecule has 3 heteroatoms. The van der Waals surface area contributed by atoms with Crippen LogP contribution in [0.4, 0.5) is 5.69 Å². The van der Waals surface area contributed by atoms with Gasteiger partial charge in [0.05, 0.1) is 6.10 Å². The number of hydrogen-bond acceptors (Lipinski definition) is 2. The van der Waals surface area contributed by atoms with Crippen molar-refractivity contribution in [2.24, 2.45) is 0 Å². The Bertz CT molecular complexity index is 434. The van der Waals surface area contributed by atoms with Crippen LogP contribution < -0.4 is 5.32 Å². The molecule has 0 heterocycles. The lowest BCUT2D eigenvalue weighted by atomic mass is 10.1. The second-order valence-corrected chi connectivity index (χ2v) is 3.64.